The Morgan fingerprint density at radius 3 is 2.53 bits per heavy atom. The largest absolute Gasteiger partial charge is 0.493 e. The number of hydrogen-bond acceptors (Lipinski definition) is 5. The van der Waals surface area contributed by atoms with Crippen LogP contribution in [-0.4, -0.2) is 48.2 Å². The van der Waals surface area contributed by atoms with E-state index in [0.29, 0.717) is 0 Å². The number of nitrogens with zero attached hydrogens (tertiary/aromatic N) is 2. The predicted octanol–water partition coefficient (Wildman–Crippen LogP) is 5.78. The lowest BCUT2D eigenvalue weighted by Gasteiger charge is -2.31. The average Bonchev–Trinajstić information content (AvgIpc) is 3.00. The zero-order valence-electron chi connectivity index (χ0n) is 19.7. The summed E-state index contributed by atoms with van der Waals surface area (Å²) in [7, 11) is 5.23. The molecule has 0 N–H and O–H groups in total. The van der Waals surface area contributed by atoms with Crippen molar-refractivity contribution in [2.24, 2.45) is 4.99 Å². The first-order chi connectivity index (χ1) is 14.5. The minimum absolute atomic E-state index is 0. The Kier molecular flexibility index (Phi) is 6.60. The first-order valence-corrected chi connectivity index (χ1v) is 11.3. The van der Waals surface area contributed by atoms with E-state index in [0.717, 1.165) is 51.6 Å². The minimum Gasteiger partial charge on any atom is -0.493 e. The van der Waals surface area contributed by atoms with E-state index in [1.165, 1.54) is 17.3 Å². The summed E-state index contributed by atoms with van der Waals surface area (Å²) in [5.74, 6) is 1.62. The Labute approximate surface area is 201 Å². The SMILES string of the molecule is COc1cc2c(c3c1OC(C)(C)C3)C(c1cccc(SC(=O)N(C)C)c1)=NC(C)(C)C2.Cl. The molecule has 2 aromatic carbocycles. The first kappa shape index (κ1) is 24.5. The van der Waals surface area contributed by atoms with Crippen molar-refractivity contribution in [2.75, 3.05) is 21.2 Å². The molecule has 0 spiro atoms. The highest BCUT2D eigenvalue weighted by atomic mass is 35.5. The van der Waals surface area contributed by atoms with E-state index in [1.807, 2.05) is 12.1 Å². The molecule has 0 atom stereocenters. The molecular weight excluding hydrogens is 444 g/mol. The summed E-state index contributed by atoms with van der Waals surface area (Å²) in [6.07, 6.45) is 1.64. The number of hydrogen-bond donors (Lipinski definition) is 0. The molecule has 0 unspecified atom stereocenters. The van der Waals surface area contributed by atoms with Gasteiger partial charge in [-0.3, -0.25) is 9.79 Å². The molecule has 2 aromatic rings. The van der Waals surface area contributed by atoms with Crippen molar-refractivity contribution < 1.29 is 14.3 Å². The number of thioether (sulfide) groups is 1. The van der Waals surface area contributed by atoms with Crippen LogP contribution in [0.2, 0.25) is 0 Å². The van der Waals surface area contributed by atoms with Crippen LogP contribution in [0.4, 0.5) is 4.79 Å². The molecule has 5 nitrogen and oxygen atoms in total. The van der Waals surface area contributed by atoms with Gasteiger partial charge in [0.1, 0.15) is 5.60 Å². The van der Waals surface area contributed by atoms with Gasteiger partial charge in [-0.1, -0.05) is 12.1 Å². The third-order valence-corrected chi connectivity index (χ3v) is 6.61. The molecule has 0 saturated heterocycles. The van der Waals surface area contributed by atoms with Crippen LogP contribution in [0.25, 0.3) is 0 Å². The van der Waals surface area contributed by atoms with Crippen LogP contribution in [-0.2, 0) is 12.8 Å². The van der Waals surface area contributed by atoms with Crippen LogP contribution in [0.3, 0.4) is 0 Å². The number of methoxy groups -OCH3 is 1. The summed E-state index contributed by atoms with van der Waals surface area (Å²) < 4.78 is 12.0. The molecule has 0 bridgehead atoms. The van der Waals surface area contributed by atoms with Crippen LogP contribution in [0.1, 0.15) is 49.9 Å². The Hall–Kier alpha value is -2.18. The molecule has 0 aliphatic carbocycles. The van der Waals surface area contributed by atoms with Gasteiger partial charge in [-0.2, -0.15) is 0 Å². The molecule has 0 fully saturated rings. The van der Waals surface area contributed by atoms with Gasteiger partial charge in [0, 0.05) is 42.1 Å². The molecule has 172 valence electrons. The van der Waals surface area contributed by atoms with Crippen LogP contribution in [0, 0.1) is 0 Å². The number of rotatable bonds is 3. The second kappa shape index (κ2) is 8.64. The van der Waals surface area contributed by atoms with E-state index < -0.39 is 0 Å². The molecule has 2 aliphatic rings. The van der Waals surface area contributed by atoms with Gasteiger partial charge >= 0.3 is 0 Å². The lowest BCUT2D eigenvalue weighted by Crippen LogP contribution is -2.30. The topological polar surface area (TPSA) is 51.1 Å². The van der Waals surface area contributed by atoms with Crippen molar-refractivity contribution in [3.05, 3.63) is 52.6 Å². The number of fused-ring (bicyclic) bond motifs is 3. The summed E-state index contributed by atoms with van der Waals surface area (Å²) in [4.78, 5) is 19.9. The molecule has 4 rings (SSSR count). The number of aliphatic imine (C=N–C) groups is 1. The number of carbonyl (C=O) groups is 1. The van der Waals surface area contributed by atoms with Gasteiger partial charge in [0.05, 0.1) is 18.4 Å². The fourth-order valence-corrected chi connectivity index (χ4v) is 5.05. The van der Waals surface area contributed by atoms with Crippen molar-refractivity contribution in [3.8, 4) is 11.5 Å². The van der Waals surface area contributed by atoms with Gasteiger partial charge in [0.2, 0.25) is 0 Å². The maximum atomic E-state index is 12.2. The number of carbonyl (C=O) groups excluding carboxylic acids is 1. The van der Waals surface area contributed by atoms with Gasteiger partial charge < -0.3 is 14.4 Å². The van der Waals surface area contributed by atoms with Crippen molar-refractivity contribution in [1.82, 2.24) is 4.90 Å². The first-order valence-electron chi connectivity index (χ1n) is 10.5. The van der Waals surface area contributed by atoms with Gasteiger partial charge in [-0.05, 0) is 69.6 Å². The lowest BCUT2D eigenvalue weighted by atomic mass is 9.81. The van der Waals surface area contributed by atoms with Crippen LogP contribution in [0.15, 0.2) is 40.2 Å². The molecular formula is C25H31ClN2O3S. The van der Waals surface area contributed by atoms with Crippen LogP contribution in [0.5, 0.6) is 11.5 Å². The molecule has 2 heterocycles. The number of amides is 1. The van der Waals surface area contributed by atoms with Crippen molar-refractivity contribution in [3.63, 3.8) is 0 Å². The van der Waals surface area contributed by atoms with Crippen molar-refractivity contribution >= 4 is 35.1 Å². The van der Waals surface area contributed by atoms with Crippen molar-refractivity contribution in [1.29, 1.82) is 0 Å². The van der Waals surface area contributed by atoms with Crippen molar-refractivity contribution in [2.45, 2.75) is 56.6 Å². The lowest BCUT2D eigenvalue weighted by molar-refractivity contribution is 0.134. The van der Waals surface area contributed by atoms with Crippen LogP contribution < -0.4 is 9.47 Å². The number of ether oxygens (including phenoxy) is 2. The van der Waals surface area contributed by atoms with E-state index in [9.17, 15) is 4.79 Å². The zero-order chi connectivity index (χ0) is 22.6. The van der Waals surface area contributed by atoms with E-state index in [2.05, 4.69) is 45.9 Å². The second-order valence-corrected chi connectivity index (χ2v) is 10.7. The van der Waals surface area contributed by atoms with E-state index in [1.54, 1.807) is 26.1 Å². The maximum absolute atomic E-state index is 12.2. The maximum Gasteiger partial charge on any atom is 0.285 e. The Bertz CT molecular complexity index is 1090. The molecule has 2 aliphatic heterocycles. The fourth-order valence-electron chi connectivity index (χ4n) is 4.33. The molecule has 0 radical (unpaired) electrons. The smallest absolute Gasteiger partial charge is 0.285 e. The summed E-state index contributed by atoms with van der Waals surface area (Å²) >= 11 is 1.23. The Morgan fingerprint density at radius 2 is 1.88 bits per heavy atom. The van der Waals surface area contributed by atoms with Crippen LogP contribution >= 0.6 is 24.2 Å². The fraction of sp³-hybridized carbons (Fsp3) is 0.440. The van der Waals surface area contributed by atoms with Gasteiger partial charge in [-0.25, -0.2) is 0 Å². The van der Waals surface area contributed by atoms with Gasteiger partial charge in [0.15, 0.2) is 11.5 Å². The monoisotopic (exact) mass is 474 g/mol. The molecule has 32 heavy (non-hydrogen) atoms. The standard InChI is InChI=1S/C25H30N2O3S.ClH/c1-24(2)13-16-12-19(29-7)22-18(14-25(3,4)30-22)20(16)21(26-24)15-9-8-10-17(11-15)31-23(28)27(5)6;/h8-12H,13-14H2,1-7H3;1H. The highest BCUT2D eigenvalue weighted by Gasteiger charge is 2.39. The molecule has 0 aromatic heterocycles. The highest BCUT2D eigenvalue weighted by molar-refractivity contribution is 8.13. The van der Waals surface area contributed by atoms with E-state index >= 15 is 0 Å². The van der Waals surface area contributed by atoms with Gasteiger partial charge in [0.25, 0.3) is 5.24 Å². The van der Waals surface area contributed by atoms with E-state index in [-0.39, 0.29) is 28.8 Å². The summed E-state index contributed by atoms with van der Waals surface area (Å²) in [6.45, 7) is 8.52. The zero-order valence-corrected chi connectivity index (χ0v) is 21.4. The summed E-state index contributed by atoms with van der Waals surface area (Å²) in [6, 6.07) is 10.2. The predicted molar refractivity (Wildman–Crippen MR) is 133 cm³/mol. The number of benzene rings is 2. The number of halogens is 1. The highest BCUT2D eigenvalue weighted by Crippen LogP contribution is 2.48. The molecule has 0 saturated carbocycles. The third-order valence-electron chi connectivity index (χ3n) is 5.58. The normalized spacial score (nSPS) is 17.3. The second-order valence-electron chi connectivity index (χ2n) is 9.70. The summed E-state index contributed by atoms with van der Waals surface area (Å²) in [5, 5.41) is 0.00393. The average molecular weight is 475 g/mol. The molecule has 7 heteroatoms. The van der Waals surface area contributed by atoms with Gasteiger partial charge in [-0.15, -0.1) is 12.4 Å². The quantitative estimate of drug-likeness (QED) is 0.529. The molecule has 1 amide bonds. The third kappa shape index (κ3) is 4.62. The van der Waals surface area contributed by atoms with E-state index in [4.69, 9.17) is 14.5 Å². The Balaban J connectivity index is 0.00000289. The Morgan fingerprint density at radius 1 is 1.16 bits per heavy atom. The minimum atomic E-state index is -0.293. The summed E-state index contributed by atoms with van der Waals surface area (Å²) in [5.41, 5.74) is 5.00.